The normalized spacial score (nSPS) is 12.2. The Hall–Kier alpha value is -2.90. The maximum absolute atomic E-state index is 13.3. The summed E-state index contributed by atoms with van der Waals surface area (Å²) in [4.78, 5) is 31.3. The van der Waals surface area contributed by atoms with Crippen molar-refractivity contribution < 1.29 is 23.5 Å². The monoisotopic (exact) mass is 622 g/mol. The number of esters is 2. The van der Waals surface area contributed by atoms with Gasteiger partial charge < -0.3 is 13.9 Å². The maximum atomic E-state index is 13.3. The number of carbonyl (C=O) groups is 2. The van der Waals surface area contributed by atoms with Gasteiger partial charge >= 0.3 is 11.9 Å². The average Bonchev–Trinajstić information content (AvgIpc) is 3.37. The van der Waals surface area contributed by atoms with Gasteiger partial charge in [-0.15, -0.1) is 0 Å². The van der Waals surface area contributed by atoms with Crippen molar-refractivity contribution in [1.82, 2.24) is 9.80 Å². The molecule has 7 heteroatoms. The molecule has 0 atom stereocenters. The van der Waals surface area contributed by atoms with Crippen molar-refractivity contribution in [1.29, 1.82) is 0 Å². The molecule has 3 aromatic rings. The first-order valence-electron chi connectivity index (χ1n) is 17.2. The Morgan fingerprint density at radius 3 is 1.20 bits per heavy atom. The number of fused-ring (bicyclic) bond motifs is 3. The summed E-state index contributed by atoms with van der Waals surface area (Å²) in [5.41, 5.74) is 1.60. The molecule has 3 rings (SSSR count). The van der Waals surface area contributed by atoms with E-state index in [1.54, 1.807) is 12.1 Å². The molecule has 1 aromatic heterocycles. The number of hydrogen-bond donors (Lipinski definition) is 0. The highest BCUT2D eigenvalue weighted by Crippen LogP contribution is 2.33. The molecule has 45 heavy (non-hydrogen) atoms. The van der Waals surface area contributed by atoms with Crippen LogP contribution >= 0.6 is 0 Å². The second-order valence-electron chi connectivity index (χ2n) is 14.2. The van der Waals surface area contributed by atoms with Gasteiger partial charge in [-0.2, -0.15) is 0 Å². The van der Waals surface area contributed by atoms with Gasteiger partial charge in [0, 0.05) is 23.9 Å². The van der Waals surface area contributed by atoms with Crippen molar-refractivity contribution in [3.05, 3.63) is 47.5 Å². The van der Waals surface area contributed by atoms with Crippen LogP contribution in [0.2, 0.25) is 0 Å². The van der Waals surface area contributed by atoms with Gasteiger partial charge in [-0.25, -0.2) is 9.59 Å². The van der Waals surface area contributed by atoms with E-state index in [9.17, 15) is 9.59 Å². The highest BCUT2D eigenvalue weighted by Gasteiger charge is 2.22. The van der Waals surface area contributed by atoms with Crippen molar-refractivity contribution in [2.45, 2.75) is 81.1 Å². The van der Waals surface area contributed by atoms with E-state index in [-0.39, 0.29) is 0 Å². The minimum atomic E-state index is -0.417. The zero-order chi connectivity index (χ0) is 32.9. The van der Waals surface area contributed by atoms with Crippen LogP contribution in [0.1, 0.15) is 102 Å². The molecular weight excluding hydrogens is 564 g/mol. The summed E-state index contributed by atoms with van der Waals surface area (Å²) in [6.07, 6.45) is 4.46. The molecule has 250 valence electrons. The zero-order valence-electron chi connectivity index (χ0n) is 29.2. The standard InChI is InChI=1S/C38H58N2O5/c1-27(2)15-19-39(20-16-28(3)4)23-25-43-37(41)33-13-9-11-31-32-12-10-14-34(36(32)45-35(31)33)38(42)44-26-24-40(21-17-29(5)6)22-18-30(7)8/h9-14,27-30H,15-26H2,1-8H3. The molecule has 0 aliphatic rings. The lowest BCUT2D eigenvalue weighted by atomic mass is 10.1. The van der Waals surface area contributed by atoms with Crippen LogP contribution in [0.4, 0.5) is 0 Å². The SMILES string of the molecule is CC(C)CCN(CCOC(=O)c1cccc2c1oc1c(C(=O)OCCN(CCC(C)C)CCC(C)C)cccc12)CCC(C)C. The number of carbonyl (C=O) groups excluding carboxylic acids is 2. The first-order valence-corrected chi connectivity index (χ1v) is 17.2. The molecular formula is C38H58N2O5. The van der Waals surface area contributed by atoms with Crippen LogP contribution < -0.4 is 0 Å². The van der Waals surface area contributed by atoms with Crippen molar-refractivity contribution >= 4 is 33.9 Å². The predicted molar refractivity (Wildman–Crippen MR) is 185 cm³/mol. The molecule has 0 spiro atoms. The van der Waals surface area contributed by atoms with Crippen LogP contribution in [0.25, 0.3) is 21.9 Å². The Kier molecular flexibility index (Phi) is 14.9. The van der Waals surface area contributed by atoms with E-state index >= 15 is 0 Å². The highest BCUT2D eigenvalue weighted by molar-refractivity contribution is 6.15. The smallest absolute Gasteiger partial charge is 0.342 e. The average molecular weight is 623 g/mol. The fourth-order valence-corrected chi connectivity index (χ4v) is 5.27. The van der Waals surface area contributed by atoms with E-state index in [4.69, 9.17) is 13.9 Å². The van der Waals surface area contributed by atoms with Crippen LogP contribution in [0.15, 0.2) is 40.8 Å². The number of benzene rings is 2. The Morgan fingerprint density at radius 1 is 0.556 bits per heavy atom. The van der Waals surface area contributed by atoms with Gasteiger partial charge in [-0.1, -0.05) is 79.7 Å². The molecule has 0 saturated carbocycles. The number of rotatable bonds is 20. The number of hydrogen-bond acceptors (Lipinski definition) is 7. The van der Waals surface area contributed by atoms with Gasteiger partial charge in [0.25, 0.3) is 0 Å². The molecule has 2 aromatic carbocycles. The number of furan rings is 1. The van der Waals surface area contributed by atoms with Gasteiger partial charge in [-0.05, 0) is 87.7 Å². The van der Waals surface area contributed by atoms with Crippen LogP contribution in [0.5, 0.6) is 0 Å². The molecule has 0 saturated heterocycles. The molecule has 7 nitrogen and oxygen atoms in total. The molecule has 0 unspecified atom stereocenters. The third-order valence-corrected chi connectivity index (χ3v) is 8.34. The largest absolute Gasteiger partial charge is 0.461 e. The van der Waals surface area contributed by atoms with Crippen LogP contribution in [-0.2, 0) is 9.47 Å². The second kappa shape index (κ2) is 18.3. The Bertz CT molecular complexity index is 1220. The Morgan fingerprint density at radius 2 is 0.889 bits per heavy atom. The van der Waals surface area contributed by atoms with E-state index in [1.807, 2.05) is 24.3 Å². The molecule has 0 amide bonds. The van der Waals surface area contributed by atoms with Crippen molar-refractivity contribution in [3.63, 3.8) is 0 Å². The third-order valence-electron chi connectivity index (χ3n) is 8.34. The third kappa shape index (κ3) is 11.8. The molecule has 0 N–H and O–H groups in total. The zero-order valence-corrected chi connectivity index (χ0v) is 29.2. The summed E-state index contributed by atoms with van der Waals surface area (Å²) in [6, 6.07) is 10.9. The van der Waals surface area contributed by atoms with Gasteiger partial charge in [0.1, 0.15) is 35.5 Å². The van der Waals surface area contributed by atoms with Crippen molar-refractivity contribution in [2.75, 3.05) is 52.5 Å². The summed E-state index contributed by atoms with van der Waals surface area (Å²) in [5.74, 6) is 1.67. The van der Waals surface area contributed by atoms with Crippen molar-refractivity contribution in [3.8, 4) is 0 Å². The summed E-state index contributed by atoms with van der Waals surface area (Å²) < 4.78 is 17.8. The summed E-state index contributed by atoms with van der Waals surface area (Å²) in [7, 11) is 0. The molecule has 0 radical (unpaired) electrons. The lowest BCUT2D eigenvalue weighted by Gasteiger charge is -2.24. The fraction of sp³-hybridized carbons (Fsp3) is 0.632. The minimum absolute atomic E-state index is 0.314. The fourth-order valence-electron chi connectivity index (χ4n) is 5.27. The van der Waals surface area contributed by atoms with E-state index in [0.29, 0.717) is 72.3 Å². The van der Waals surface area contributed by atoms with Crippen molar-refractivity contribution in [2.24, 2.45) is 23.7 Å². The van der Waals surface area contributed by atoms with E-state index < -0.39 is 11.9 Å². The lowest BCUT2D eigenvalue weighted by molar-refractivity contribution is 0.0451. The maximum Gasteiger partial charge on any atom is 0.342 e. The van der Waals surface area contributed by atoms with E-state index in [2.05, 4.69) is 65.2 Å². The van der Waals surface area contributed by atoms with Crippen LogP contribution in [0.3, 0.4) is 0 Å². The molecule has 0 aliphatic carbocycles. The lowest BCUT2D eigenvalue weighted by Crippen LogP contribution is -2.31. The van der Waals surface area contributed by atoms with Gasteiger partial charge in [-0.3, -0.25) is 9.80 Å². The molecule has 0 aliphatic heterocycles. The molecule has 0 bridgehead atoms. The van der Waals surface area contributed by atoms with Gasteiger partial charge in [0.15, 0.2) is 0 Å². The number of nitrogens with zero attached hydrogens (tertiary/aromatic N) is 2. The number of ether oxygens (including phenoxy) is 2. The minimum Gasteiger partial charge on any atom is -0.461 e. The molecule has 0 fully saturated rings. The first-order chi connectivity index (χ1) is 21.5. The summed E-state index contributed by atoms with van der Waals surface area (Å²) >= 11 is 0. The number of para-hydroxylation sites is 2. The second-order valence-corrected chi connectivity index (χ2v) is 14.2. The summed E-state index contributed by atoms with van der Waals surface area (Å²) in [5, 5.41) is 1.55. The highest BCUT2D eigenvalue weighted by atomic mass is 16.5. The van der Waals surface area contributed by atoms with Gasteiger partial charge in [0.05, 0.1) is 0 Å². The molecule has 1 heterocycles. The van der Waals surface area contributed by atoms with E-state index in [1.165, 1.54) is 0 Å². The van der Waals surface area contributed by atoms with Gasteiger partial charge in [0.2, 0.25) is 0 Å². The Labute approximate surface area is 271 Å². The Balaban J connectivity index is 1.69. The predicted octanol–water partition coefficient (Wildman–Crippen LogP) is 8.69. The van der Waals surface area contributed by atoms with E-state index in [0.717, 1.165) is 62.6 Å². The quantitative estimate of drug-likeness (QED) is 0.117. The summed E-state index contributed by atoms with van der Waals surface area (Å²) in [6.45, 7) is 23.9. The van der Waals surface area contributed by atoms with Crippen LogP contribution in [0, 0.1) is 23.7 Å². The first kappa shape index (κ1) is 36.6. The topological polar surface area (TPSA) is 72.2 Å². The van der Waals surface area contributed by atoms with Crippen LogP contribution in [-0.4, -0.2) is 74.2 Å².